The molecule has 5 nitrogen and oxygen atoms in total. The molecule has 0 N–H and O–H groups in total. The van der Waals surface area contributed by atoms with E-state index in [1.54, 1.807) is 28.3 Å². The van der Waals surface area contributed by atoms with E-state index < -0.39 is 5.97 Å². The van der Waals surface area contributed by atoms with Crippen molar-refractivity contribution in [3.63, 3.8) is 0 Å². The van der Waals surface area contributed by atoms with Crippen molar-refractivity contribution in [3.05, 3.63) is 12.2 Å². The second-order valence-corrected chi connectivity index (χ2v) is 6.27. The van der Waals surface area contributed by atoms with E-state index in [2.05, 4.69) is 13.5 Å². The monoisotopic (exact) mass is 344 g/mol. The fraction of sp³-hybridized carbons (Fsp3) is 0.842. The number of hydrogen-bond donors (Lipinski definition) is 0. The summed E-state index contributed by atoms with van der Waals surface area (Å²) in [6.45, 7) is 7.86. The summed E-state index contributed by atoms with van der Waals surface area (Å²) >= 11 is 0. The van der Waals surface area contributed by atoms with E-state index in [0.717, 1.165) is 19.3 Å². The zero-order valence-electron chi connectivity index (χ0n) is 16.2. The molecule has 5 heteroatoms. The lowest BCUT2D eigenvalue weighted by Crippen LogP contribution is -2.38. The molecule has 0 saturated carbocycles. The van der Waals surface area contributed by atoms with Crippen LogP contribution in [0.15, 0.2) is 12.2 Å². The molecule has 0 aromatic carbocycles. The first kappa shape index (κ1) is 23.1. The maximum Gasteiger partial charge on any atom is 0.333 e. The first-order chi connectivity index (χ1) is 11.4. The van der Waals surface area contributed by atoms with Crippen molar-refractivity contribution >= 4 is 5.97 Å². The molecule has 0 aromatic heterocycles. The lowest BCUT2D eigenvalue weighted by Gasteiger charge is -2.32. The zero-order chi connectivity index (χ0) is 18.4. The summed E-state index contributed by atoms with van der Waals surface area (Å²) in [4.78, 5) is 11.4. The number of carbonyl (C=O) groups is 1. The molecule has 0 fully saturated rings. The molecule has 0 aliphatic carbocycles. The Morgan fingerprint density at radius 2 is 1.58 bits per heavy atom. The van der Waals surface area contributed by atoms with Crippen molar-refractivity contribution in [2.24, 2.45) is 5.92 Å². The molecule has 24 heavy (non-hydrogen) atoms. The lowest BCUT2D eigenvalue weighted by atomic mass is 9.92. The number of esters is 1. The van der Waals surface area contributed by atoms with Gasteiger partial charge in [-0.15, -0.1) is 0 Å². The maximum absolute atomic E-state index is 11.4. The standard InChI is InChI=1S/C19H36O5/c1-7-8-9-10-12-17(15-19(21-4,22-5)23-6)13-11-14-24-18(20)16(2)3/h17H,2,7-15H2,1,3-6H3. The fourth-order valence-corrected chi connectivity index (χ4v) is 2.72. The van der Waals surface area contributed by atoms with Crippen LogP contribution in [0.3, 0.4) is 0 Å². The molecule has 0 bridgehead atoms. The average molecular weight is 344 g/mol. The van der Waals surface area contributed by atoms with Gasteiger partial charge in [-0.2, -0.15) is 0 Å². The summed E-state index contributed by atoms with van der Waals surface area (Å²) in [5.41, 5.74) is 0.434. The smallest absolute Gasteiger partial charge is 0.333 e. The Morgan fingerprint density at radius 1 is 1.00 bits per heavy atom. The molecule has 0 radical (unpaired) electrons. The summed E-state index contributed by atoms with van der Waals surface area (Å²) in [7, 11) is 4.78. The van der Waals surface area contributed by atoms with Crippen LogP contribution in [0.2, 0.25) is 0 Å². The molecule has 0 spiro atoms. The third kappa shape index (κ3) is 9.40. The van der Waals surface area contributed by atoms with Crippen molar-refractivity contribution in [2.45, 2.75) is 71.2 Å². The predicted molar refractivity (Wildman–Crippen MR) is 95.6 cm³/mol. The topological polar surface area (TPSA) is 54.0 Å². The Balaban J connectivity index is 4.46. The van der Waals surface area contributed by atoms with Crippen LogP contribution >= 0.6 is 0 Å². The summed E-state index contributed by atoms with van der Waals surface area (Å²) in [5, 5.41) is 0. The molecule has 0 saturated heterocycles. The molecule has 1 unspecified atom stereocenters. The minimum atomic E-state index is -0.996. The Morgan fingerprint density at radius 3 is 2.08 bits per heavy atom. The predicted octanol–water partition coefficient (Wildman–Crippen LogP) is 4.46. The van der Waals surface area contributed by atoms with Crippen molar-refractivity contribution in [1.82, 2.24) is 0 Å². The van der Waals surface area contributed by atoms with E-state index in [1.165, 1.54) is 25.7 Å². The van der Waals surface area contributed by atoms with Crippen molar-refractivity contribution in [1.29, 1.82) is 0 Å². The first-order valence-corrected chi connectivity index (χ1v) is 8.92. The number of carbonyl (C=O) groups excluding carboxylic acids is 1. The molecule has 1 atom stereocenters. The number of ether oxygens (including phenoxy) is 4. The molecule has 0 rings (SSSR count). The minimum absolute atomic E-state index is 0.325. The molecule has 0 aliphatic rings. The normalized spacial score (nSPS) is 12.9. The van der Waals surface area contributed by atoms with E-state index in [4.69, 9.17) is 18.9 Å². The van der Waals surface area contributed by atoms with E-state index in [-0.39, 0.29) is 5.97 Å². The second-order valence-electron chi connectivity index (χ2n) is 6.27. The quantitative estimate of drug-likeness (QED) is 0.190. The summed E-state index contributed by atoms with van der Waals surface area (Å²) in [5.74, 6) is -0.927. The number of unbranched alkanes of at least 4 members (excludes halogenated alkanes) is 3. The van der Waals surface area contributed by atoms with Crippen LogP contribution in [0.5, 0.6) is 0 Å². The van der Waals surface area contributed by atoms with Crippen LogP contribution in [0.1, 0.15) is 65.2 Å². The van der Waals surface area contributed by atoms with Crippen LogP contribution in [-0.4, -0.2) is 39.9 Å². The number of rotatable bonds is 15. The minimum Gasteiger partial charge on any atom is -0.462 e. The van der Waals surface area contributed by atoms with Crippen LogP contribution in [0, 0.1) is 5.92 Å². The molecule has 0 aromatic rings. The van der Waals surface area contributed by atoms with Crippen molar-refractivity contribution in [2.75, 3.05) is 27.9 Å². The van der Waals surface area contributed by atoms with Gasteiger partial charge in [-0.25, -0.2) is 4.79 Å². The van der Waals surface area contributed by atoms with Crippen LogP contribution in [0.4, 0.5) is 0 Å². The molecular formula is C19H36O5. The Kier molecular flexibility index (Phi) is 12.9. The van der Waals surface area contributed by atoms with Crippen LogP contribution < -0.4 is 0 Å². The van der Waals surface area contributed by atoms with Gasteiger partial charge in [0.15, 0.2) is 0 Å². The van der Waals surface area contributed by atoms with Gasteiger partial charge in [0.25, 0.3) is 5.97 Å². The Bertz CT molecular complexity index is 341. The molecule has 0 aliphatic heterocycles. The van der Waals surface area contributed by atoms with Gasteiger partial charge in [0, 0.05) is 33.3 Å². The van der Waals surface area contributed by atoms with E-state index in [9.17, 15) is 4.79 Å². The van der Waals surface area contributed by atoms with Gasteiger partial charge >= 0.3 is 5.97 Å². The lowest BCUT2D eigenvalue weighted by molar-refractivity contribution is -0.359. The van der Waals surface area contributed by atoms with E-state index in [1.807, 2.05) is 0 Å². The third-order valence-electron chi connectivity index (χ3n) is 4.28. The van der Waals surface area contributed by atoms with Crippen LogP contribution in [0.25, 0.3) is 0 Å². The summed E-state index contributed by atoms with van der Waals surface area (Å²) in [6, 6.07) is 0. The average Bonchev–Trinajstić information content (AvgIpc) is 2.59. The van der Waals surface area contributed by atoms with Crippen molar-refractivity contribution < 1.29 is 23.7 Å². The van der Waals surface area contributed by atoms with Crippen LogP contribution in [-0.2, 0) is 23.7 Å². The highest BCUT2D eigenvalue weighted by molar-refractivity contribution is 5.86. The van der Waals surface area contributed by atoms with Gasteiger partial charge in [-0.3, -0.25) is 0 Å². The van der Waals surface area contributed by atoms with Crippen molar-refractivity contribution in [3.8, 4) is 0 Å². The van der Waals surface area contributed by atoms with Gasteiger partial charge in [-0.1, -0.05) is 45.6 Å². The maximum atomic E-state index is 11.4. The highest BCUT2D eigenvalue weighted by atomic mass is 16.9. The van der Waals surface area contributed by atoms with Gasteiger partial charge in [0.1, 0.15) is 0 Å². The number of hydrogen-bond acceptors (Lipinski definition) is 5. The molecule has 142 valence electrons. The van der Waals surface area contributed by atoms with Gasteiger partial charge < -0.3 is 18.9 Å². The van der Waals surface area contributed by atoms with Gasteiger partial charge in [0.2, 0.25) is 0 Å². The fourth-order valence-electron chi connectivity index (χ4n) is 2.72. The Labute approximate surface area is 147 Å². The molecular weight excluding hydrogens is 308 g/mol. The number of methoxy groups -OCH3 is 3. The molecule has 0 amide bonds. The van der Waals surface area contributed by atoms with Gasteiger partial charge in [0.05, 0.1) is 6.61 Å². The first-order valence-electron chi connectivity index (χ1n) is 8.92. The largest absolute Gasteiger partial charge is 0.462 e. The van der Waals surface area contributed by atoms with Gasteiger partial charge in [-0.05, 0) is 25.7 Å². The zero-order valence-corrected chi connectivity index (χ0v) is 16.2. The summed E-state index contributed by atoms with van der Waals surface area (Å²) < 4.78 is 21.5. The second kappa shape index (κ2) is 13.4. The highest BCUT2D eigenvalue weighted by Gasteiger charge is 2.32. The van der Waals surface area contributed by atoms with E-state index >= 15 is 0 Å². The SMILES string of the molecule is C=C(C)C(=O)OCCCC(CCCCCC)CC(OC)(OC)OC. The molecule has 0 heterocycles. The summed E-state index contributed by atoms with van der Waals surface area (Å²) in [6.07, 6.45) is 8.39. The third-order valence-corrected chi connectivity index (χ3v) is 4.28. The Hall–Kier alpha value is -0.910. The highest BCUT2D eigenvalue weighted by Crippen LogP contribution is 2.29. The van der Waals surface area contributed by atoms with E-state index in [0.29, 0.717) is 24.5 Å².